The predicted octanol–water partition coefficient (Wildman–Crippen LogP) is 5.35. The van der Waals surface area contributed by atoms with Gasteiger partial charge in [-0.25, -0.2) is 0 Å². The van der Waals surface area contributed by atoms with Crippen LogP contribution in [0.2, 0.25) is 0 Å². The van der Waals surface area contributed by atoms with Gasteiger partial charge in [0.1, 0.15) is 0 Å². The molecule has 0 bridgehead atoms. The highest BCUT2D eigenvalue weighted by atomic mass is 19.4. The van der Waals surface area contributed by atoms with Gasteiger partial charge in [-0.2, -0.15) is 13.2 Å². The molecule has 4 rings (SSSR count). The minimum absolute atomic E-state index is 0.161. The number of nitrogens with zero attached hydrogens (tertiary/aromatic N) is 1. The molecule has 0 radical (unpaired) electrons. The molecule has 2 aromatic heterocycles. The summed E-state index contributed by atoms with van der Waals surface area (Å²) in [6.07, 6.45) is 2.58. The number of para-hydroxylation sites is 1. The number of rotatable bonds is 9. The lowest BCUT2D eigenvalue weighted by atomic mass is 10.0. The predicted molar refractivity (Wildman–Crippen MR) is 126 cm³/mol. The third-order valence-electron chi connectivity index (χ3n) is 5.68. The molecule has 0 aliphatic heterocycles. The Hall–Kier alpha value is -3.65. The van der Waals surface area contributed by atoms with Gasteiger partial charge in [-0.3, -0.25) is 9.78 Å². The van der Waals surface area contributed by atoms with E-state index in [0.717, 1.165) is 34.2 Å². The molecule has 0 spiro atoms. The summed E-state index contributed by atoms with van der Waals surface area (Å²) in [6.45, 7) is 0.539. The molecule has 8 heteroatoms. The molecule has 4 aromatic rings. The maximum atomic E-state index is 13.1. The molecule has 0 fully saturated rings. The number of carbonyl (C=O) groups excluding carboxylic acids is 1. The van der Waals surface area contributed by atoms with Crippen LogP contribution < -0.4 is 10.6 Å². The molecule has 2 aromatic carbocycles. The summed E-state index contributed by atoms with van der Waals surface area (Å²) < 4.78 is 38.2. The van der Waals surface area contributed by atoms with E-state index in [0.29, 0.717) is 31.5 Å². The fourth-order valence-electron chi connectivity index (χ4n) is 3.87. The lowest BCUT2D eigenvalue weighted by Crippen LogP contribution is -2.42. The van der Waals surface area contributed by atoms with Crippen LogP contribution in [0.15, 0.2) is 79.3 Å². The Morgan fingerprint density at radius 3 is 2.47 bits per heavy atom. The van der Waals surface area contributed by atoms with Crippen LogP contribution in [0.5, 0.6) is 0 Å². The largest absolute Gasteiger partial charge is 0.416 e. The second-order valence-electron chi connectivity index (χ2n) is 8.09. The zero-order valence-corrected chi connectivity index (χ0v) is 18.4. The van der Waals surface area contributed by atoms with Gasteiger partial charge < -0.3 is 15.6 Å². The normalized spacial score (nSPS) is 12.6. The first-order valence-electron chi connectivity index (χ1n) is 11.1. The smallest absolute Gasteiger partial charge is 0.361 e. The standard InChI is InChI=1S/C26H25F3N4O/c27-26(28,29)20-9-7-18(8-10-20)4-3-13-31-24(25(34)33-21-11-14-30-15-12-21)16-19-17-32-23-6-2-1-5-22(19)23/h1-2,5-12,14-15,17,24,31-32H,3-4,13,16H2,(H,30,33,34)/t24-/m0/s1. The van der Waals surface area contributed by atoms with Gasteiger partial charge >= 0.3 is 6.18 Å². The molecule has 5 nitrogen and oxygen atoms in total. The number of aromatic amines is 1. The van der Waals surface area contributed by atoms with Gasteiger partial charge in [0, 0.05) is 35.2 Å². The minimum Gasteiger partial charge on any atom is -0.361 e. The number of H-pyrrole nitrogens is 1. The Balaban J connectivity index is 1.39. The van der Waals surface area contributed by atoms with Crippen LogP contribution in [0.3, 0.4) is 0 Å². The third-order valence-corrected chi connectivity index (χ3v) is 5.68. The van der Waals surface area contributed by atoms with Gasteiger partial charge in [-0.15, -0.1) is 0 Å². The van der Waals surface area contributed by atoms with E-state index in [-0.39, 0.29) is 5.91 Å². The van der Waals surface area contributed by atoms with E-state index in [1.54, 1.807) is 24.5 Å². The SMILES string of the molecule is O=C(Nc1ccncc1)[C@H](Cc1c[nH]c2ccccc12)NCCCc1ccc(C(F)(F)F)cc1. The summed E-state index contributed by atoms with van der Waals surface area (Å²) in [4.78, 5) is 20.3. The number of aryl methyl sites for hydroxylation is 1. The van der Waals surface area contributed by atoms with E-state index >= 15 is 0 Å². The van der Waals surface area contributed by atoms with Crippen molar-refractivity contribution in [2.45, 2.75) is 31.5 Å². The van der Waals surface area contributed by atoms with Crippen molar-refractivity contribution in [3.8, 4) is 0 Å². The van der Waals surface area contributed by atoms with Crippen LogP contribution >= 0.6 is 0 Å². The molecule has 176 valence electrons. The van der Waals surface area contributed by atoms with Crippen LogP contribution in [0.25, 0.3) is 10.9 Å². The fraction of sp³-hybridized carbons (Fsp3) is 0.231. The molecule has 0 saturated heterocycles. The summed E-state index contributed by atoms with van der Waals surface area (Å²) >= 11 is 0. The van der Waals surface area contributed by atoms with E-state index < -0.39 is 17.8 Å². The molecular weight excluding hydrogens is 441 g/mol. The van der Waals surface area contributed by atoms with E-state index in [4.69, 9.17) is 0 Å². The molecule has 0 saturated carbocycles. The summed E-state index contributed by atoms with van der Waals surface area (Å²) in [5.74, 6) is -0.161. The third kappa shape index (κ3) is 6.02. The van der Waals surface area contributed by atoms with Gasteiger partial charge in [-0.05, 0) is 67.3 Å². The second kappa shape index (κ2) is 10.5. The number of amides is 1. The highest BCUT2D eigenvalue weighted by molar-refractivity contribution is 5.95. The Bertz CT molecular complexity index is 1220. The molecule has 3 N–H and O–H groups in total. The quantitative estimate of drug-likeness (QED) is 0.291. The highest BCUT2D eigenvalue weighted by Crippen LogP contribution is 2.29. The monoisotopic (exact) mass is 466 g/mol. The average molecular weight is 467 g/mol. The number of fused-ring (bicyclic) bond motifs is 1. The first-order valence-corrected chi connectivity index (χ1v) is 11.1. The number of hydrogen-bond acceptors (Lipinski definition) is 3. The van der Waals surface area contributed by atoms with Crippen molar-refractivity contribution >= 4 is 22.5 Å². The average Bonchev–Trinajstić information content (AvgIpc) is 3.24. The van der Waals surface area contributed by atoms with Gasteiger partial charge in [0.2, 0.25) is 5.91 Å². The van der Waals surface area contributed by atoms with Crippen LogP contribution in [0.4, 0.5) is 18.9 Å². The van der Waals surface area contributed by atoms with Crippen molar-refractivity contribution in [3.05, 3.63) is 95.9 Å². The topological polar surface area (TPSA) is 69.8 Å². The van der Waals surface area contributed by atoms with Crippen LogP contribution in [-0.4, -0.2) is 28.5 Å². The molecule has 34 heavy (non-hydrogen) atoms. The number of aromatic nitrogens is 2. The minimum atomic E-state index is -4.34. The van der Waals surface area contributed by atoms with Crippen molar-refractivity contribution in [3.63, 3.8) is 0 Å². The second-order valence-corrected chi connectivity index (χ2v) is 8.09. The van der Waals surface area contributed by atoms with Gasteiger partial charge in [0.05, 0.1) is 11.6 Å². The molecular formula is C26H25F3N4O. The maximum Gasteiger partial charge on any atom is 0.416 e. The molecule has 0 aliphatic carbocycles. The number of anilines is 1. The number of alkyl halides is 3. The zero-order chi connectivity index (χ0) is 24.0. The van der Waals surface area contributed by atoms with E-state index in [9.17, 15) is 18.0 Å². The summed E-state index contributed by atoms with van der Waals surface area (Å²) in [6, 6.07) is 16.1. The van der Waals surface area contributed by atoms with Crippen molar-refractivity contribution in [2.24, 2.45) is 0 Å². The molecule has 0 aliphatic rings. The number of benzene rings is 2. The Kier molecular flexibility index (Phi) is 7.27. The van der Waals surface area contributed by atoms with Gasteiger partial charge in [-0.1, -0.05) is 30.3 Å². The first kappa shape index (κ1) is 23.5. The summed E-state index contributed by atoms with van der Waals surface area (Å²) in [7, 11) is 0. The van der Waals surface area contributed by atoms with Crippen LogP contribution in [0.1, 0.15) is 23.1 Å². The summed E-state index contributed by atoms with van der Waals surface area (Å²) in [5, 5.41) is 7.32. The number of pyridine rings is 1. The highest BCUT2D eigenvalue weighted by Gasteiger charge is 2.29. The van der Waals surface area contributed by atoms with Crippen molar-refractivity contribution in [1.82, 2.24) is 15.3 Å². The van der Waals surface area contributed by atoms with E-state index in [1.165, 1.54) is 12.1 Å². The van der Waals surface area contributed by atoms with Crippen molar-refractivity contribution in [1.29, 1.82) is 0 Å². The maximum absolute atomic E-state index is 13.1. The first-order chi connectivity index (χ1) is 16.4. The Labute approximate surface area is 195 Å². The van der Waals surface area contributed by atoms with E-state index in [2.05, 4.69) is 20.6 Å². The van der Waals surface area contributed by atoms with Gasteiger partial charge in [0.25, 0.3) is 0 Å². The Morgan fingerprint density at radius 2 is 1.74 bits per heavy atom. The number of hydrogen-bond donors (Lipinski definition) is 3. The van der Waals surface area contributed by atoms with Crippen LogP contribution in [0, 0.1) is 0 Å². The van der Waals surface area contributed by atoms with Crippen LogP contribution in [-0.2, 0) is 23.8 Å². The molecule has 2 heterocycles. The lowest BCUT2D eigenvalue weighted by Gasteiger charge is -2.18. The summed E-state index contributed by atoms with van der Waals surface area (Å²) in [5.41, 5.74) is 2.87. The zero-order valence-electron chi connectivity index (χ0n) is 18.4. The number of halogens is 3. The Morgan fingerprint density at radius 1 is 1.00 bits per heavy atom. The lowest BCUT2D eigenvalue weighted by molar-refractivity contribution is -0.137. The van der Waals surface area contributed by atoms with Gasteiger partial charge in [0.15, 0.2) is 0 Å². The molecule has 1 amide bonds. The fourth-order valence-corrected chi connectivity index (χ4v) is 3.87. The van der Waals surface area contributed by atoms with Crippen molar-refractivity contribution < 1.29 is 18.0 Å². The van der Waals surface area contributed by atoms with Crippen molar-refractivity contribution in [2.75, 3.05) is 11.9 Å². The van der Waals surface area contributed by atoms with E-state index in [1.807, 2.05) is 30.5 Å². The molecule has 0 unspecified atom stereocenters. The number of carbonyl (C=O) groups is 1. The molecule has 1 atom stereocenters. The number of nitrogens with one attached hydrogen (secondary N) is 3.